The van der Waals surface area contributed by atoms with Gasteiger partial charge in [-0.15, -0.1) is 0 Å². The second-order valence-corrected chi connectivity index (χ2v) is 4.30. The monoisotopic (exact) mass is 268 g/mol. The number of para-hydroxylation sites is 1. The molecule has 0 radical (unpaired) electrons. The van der Waals surface area contributed by atoms with Crippen LogP contribution in [0.4, 0.5) is 5.69 Å². The van der Waals surface area contributed by atoms with Crippen molar-refractivity contribution < 1.29 is 9.53 Å². The van der Waals surface area contributed by atoms with Crippen LogP contribution in [0.5, 0.6) is 0 Å². The molecule has 2 aromatic rings. The van der Waals surface area contributed by atoms with Crippen molar-refractivity contribution >= 4 is 17.9 Å². The van der Waals surface area contributed by atoms with Crippen LogP contribution in [0.15, 0.2) is 53.6 Å². The van der Waals surface area contributed by atoms with E-state index < -0.39 is 0 Å². The van der Waals surface area contributed by atoms with Crippen LogP contribution in [0.25, 0.3) is 0 Å². The van der Waals surface area contributed by atoms with Gasteiger partial charge in [-0.05, 0) is 36.2 Å². The number of rotatable bonds is 4. The van der Waals surface area contributed by atoms with E-state index in [1.807, 2.05) is 49.4 Å². The van der Waals surface area contributed by atoms with Crippen molar-refractivity contribution in [3.8, 4) is 0 Å². The van der Waals surface area contributed by atoms with Crippen LogP contribution in [0, 0.1) is 6.92 Å². The van der Waals surface area contributed by atoms with Crippen LogP contribution >= 0.6 is 0 Å². The molecule has 0 atom stereocenters. The first-order valence-electron chi connectivity index (χ1n) is 6.24. The Morgan fingerprint density at radius 2 is 1.95 bits per heavy atom. The largest absolute Gasteiger partial charge is 0.465 e. The van der Waals surface area contributed by atoms with Crippen LogP contribution in [-0.4, -0.2) is 19.3 Å². The fraction of sp³-hybridized carbons (Fsp3) is 0.125. The second kappa shape index (κ2) is 6.52. The molecular weight excluding hydrogens is 252 g/mol. The van der Waals surface area contributed by atoms with Crippen LogP contribution in [0.3, 0.4) is 0 Å². The minimum absolute atomic E-state index is 0.339. The number of anilines is 1. The lowest BCUT2D eigenvalue weighted by Crippen LogP contribution is -2.04. The molecule has 0 bridgehead atoms. The maximum atomic E-state index is 11.6. The molecular formula is C16H16N2O2. The first kappa shape index (κ1) is 13.8. The number of aryl methyl sites for hydroxylation is 1. The number of hydrogen-bond acceptors (Lipinski definition) is 4. The molecule has 4 heteroatoms. The number of carbonyl (C=O) groups is 1. The molecule has 0 aromatic heterocycles. The summed E-state index contributed by atoms with van der Waals surface area (Å²) in [5.41, 5.74) is 6.09. The van der Waals surface area contributed by atoms with Crippen molar-refractivity contribution in [3.05, 3.63) is 65.2 Å². The molecule has 2 aromatic carbocycles. The lowest BCUT2D eigenvalue weighted by Gasteiger charge is -2.04. The van der Waals surface area contributed by atoms with Crippen LogP contribution in [0.2, 0.25) is 0 Å². The second-order valence-electron chi connectivity index (χ2n) is 4.30. The van der Waals surface area contributed by atoms with Crippen LogP contribution in [0.1, 0.15) is 21.5 Å². The lowest BCUT2D eigenvalue weighted by molar-refractivity contribution is 0.0600. The predicted octanol–water partition coefficient (Wildman–Crippen LogP) is 3.23. The third kappa shape index (κ3) is 3.45. The Balaban J connectivity index is 2.12. The molecule has 0 amide bonds. The van der Waals surface area contributed by atoms with Crippen molar-refractivity contribution in [2.24, 2.45) is 5.10 Å². The summed E-state index contributed by atoms with van der Waals surface area (Å²) in [5.74, 6) is -0.339. The van der Waals surface area contributed by atoms with Gasteiger partial charge in [-0.2, -0.15) is 5.10 Å². The maximum absolute atomic E-state index is 11.6. The summed E-state index contributed by atoms with van der Waals surface area (Å²) in [4.78, 5) is 11.6. The topological polar surface area (TPSA) is 50.7 Å². The summed E-state index contributed by atoms with van der Waals surface area (Å²) in [7, 11) is 1.37. The van der Waals surface area contributed by atoms with E-state index in [1.54, 1.807) is 12.3 Å². The summed E-state index contributed by atoms with van der Waals surface area (Å²) in [5, 5.41) is 4.14. The fourth-order valence-electron chi connectivity index (χ4n) is 1.74. The number of benzene rings is 2. The van der Waals surface area contributed by atoms with Gasteiger partial charge in [0.1, 0.15) is 0 Å². The molecule has 0 aliphatic rings. The van der Waals surface area contributed by atoms with Gasteiger partial charge in [0.05, 0.1) is 24.6 Å². The number of methoxy groups -OCH3 is 1. The number of esters is 1. The highest BCUT2D eigenvalue weighted by molar-refractivity contribution is 5.93. The number of carbonyl (C=O) groups excluding carboxylic acids is 1. The van der Waals surface area contributed by atoms with E-state index in [0.717, 1.165) is 16.8 Å². The molecule has 2 rings (SSSR count). The Kier molecular flexibility index (Phi) is 4.50. The molecule has 0 spiro atoms. The average molecular weight is 268 g/mol. The summed E-state index contributed by atoms with van der Waals surface area (Å²) < 4.78 is 4.75. The summed E-state index contributed by atoms with van der Waals surface area (Å²) in [6.45, 7) is 1.87. The Labute approximate surface area is 118 Å². The number of hydrazone groups is 1. The van der Waals surface area contributed by atoms with Crippen molar-refractivity contribution in [2.75, 3.05) is 12.5 Å². The van der Waals surface area contributed by atoms with E-state index in [2.05, 4.69) is 10.5 Å². The summed E-state index contributed by atoms with van der Waals surface area (Å²) in [6, 6.07) is 15.2. The highest BCUT2D eigenvalue weighted by atomic mass is 16.5. The van der Waals surface area contributed by atoms with Crippen LogP contribution in [-0.2, 0) is 4.74 Å². The highest BCUT2D eigenvalue weighted by Crippen LogP contribution is 2.11. The van der Waals surface area contributed by atoms with Gasteiger partial charge in [0.25, 0.3) is 0 Å². The van der Waals surface area contributed by atoms with E-state index in [-0.39, 0.29) is 5.97 Å². The van der Waals surface area contributed by atoms with Gasteiger partial charge in [-0.25, -0.2) is 4.79 Å². The van der Waals surface area contributed by atoms with Gasteiger partial charge in [-0.3, -0.25) is 5.43 Å². The first-order chi connectivity index (χ1) is 9.70. The Bertz CT molecular complexity index is 622. The molecule has 0 aliphatic heterocycles. The molecule has 0 heterocycles. The van der Waals surface area contributed by atoms with Crippen molar-refractivity contribution in [2.45, 2.75) is 6.92 Å². The molecule has 0 aliphatic carbocycles. The predicted molar refractivity (Wildman–Crippen MR) is 80.2 cm³/mol. The first-order valence-corrected chi connectivity index (χ1v) is 6.24. The van der Waals surface area contributed by atoms with Crippen molar-refractivity contribution in [1.29, 1.82) is 0 Å². The van der Waals surface area contributed by atoms with Gasteiger partial charge in [0.2, 0.25) is 0 Å². The molecule has 0 saturated carbocycles. The van der Waals surface area contributed by atoms with Gasteiger partial charge in [0, 0.05) is 0 Å². The third-order valence-corrected chi connectivity index (χ3v) is 2.85. The smallest absolute Gasteiger partial charge is 0.338 e. The quantitative estimate of drug-likeness (QED) is 0.526. The van der Waals surface area contributed by atoms with Gasteiger partial charge >= 0.3 is 5.97 Å². The fourth-order valence-corrected chi connectivity index (χ4v) is 1.74. The van der Waals surface area contributed by atoms with Gasteiger partial charge < -0.3 is 4.74 Å². The normalized spacial score (nSPS) is 10.5. The van der Waals surface area contributed by atoms with E-state index in [9.17, 15) is 4.79 Å². The number of nitrogens with zero attached hydrogens (tertiary/aromatic N) is 1. The molecule has 0 unspecified atom stereocenters. The number of hydrogen-bond donors (Lipinski definition) is 1. The van der Waals surface area contributed by atoms with Gasteiger partial charge in [-0.1, -0.05) is 30.3 Å². The lowest BCUT2D eigenvalue weighted by atomic mass is 10.1. The Hall–Kier alpha value is -2.62. The molecule has 1 N–H and O–H groups in total. The van der Waals surface area contributed by atoms with E-state index >= 15 is 0 Å². The standard InChI is InChI=1S/C16H16N2O2/c1-12-8-9-13(10-15(12)16(19)20-2)11-17-18-14-6-4-3-5-7-14/h3-11,18H,1-2H3. The highest BCUT2D eigenvalue weighted by Gasteiger charge is 2.08. The molecule has 20 heavy (non-hydrogen) atoms. The van der Waals surface area contributed by atoms with Crippen molar-refractivity contribution in [1.82, 2.24) is 0 Å². The maximum Gasteiger partial charge on any atom is 0.338 e. The van der Waals surface area contributed by atoms with E-state index in [1.165, 1.54) is 7.11 Å². The average Bonchev–Trinajstić information content (AvgIpc) is 2.49. The molecule has 4 nitrogen and oxygen atoms in total. The third-order valence-electron chi connectivity index (χ3n) is 2.85. The number of ether oxygens (including phenoxy) is 1. The molecule has 0 fully saturated rings. The van der Waals surface area contributed by atoms with E-state index in [4.69, 9.17) is 4.74 Å². The Morgan fingerprint density at radius 1 is 1.20 bits per heavy atom. The summed E-state index contributed by atoms with van der Waals surface area (Å²) in [6.07, 6.45) is 1.67. The van der Waals surface area contributed by atoms with Crippen molar-refractivity contribution in [3.63, 3.8) is 0 Å². The molecule has 102 valence electrons. The van der Waals surface area contributed by atoms with E-state index in [0.29, 0.717) is 5.56 Å². The Morgan fingerprint density at radius 3 is 2.65 bits per heavy atom. The van der Waals surface area contributed by atoms with Crippen LogP contribution < -0.4 is 5.43 Å². The zero-order chi connectivity index (χ0) is 14.4. The SMILES string of the molecule is COC(=O)c1cc(C=NNc2ccccc2)ccc1C. The van der Waals surface area contributed by atoms with Gasteiger partial charge in [0.15, 0.2) is 0 Å². The molecule has 0 saturated heterocycles. The summed E-state index contributed by atoms with van der Waals surface area (Å²) >= 11 is 0. The zero-order valence-corrected chi connectivity index (χ0v) is 11.5. The minimum Gasteiger partial charge on any atom is -0.465 e. The zero-order valence-electron chi connectivity index (χ0n) is 11.5. The number of nitrogens with one attached hydrogen (secondary N) is 1. The minimum atomic E-state index is -0.339.